The molecular weight excluding hydrogens is 146 g/mol. The van der Waals surface area contributed by atoms with Crippen LogP contribution in [0.25, 0.3) is 0 Å². The van der Waals surface area contributed by atoms with E-state index in [1.807, 2.05) is 0 Å². The fourth-order valence-corrected chi connectivity index (χ4v) is 0.634. The highest BCUT2D eigenvalue weighted by atomic mass is 16.5. The lowest BCUT2D eigenvalue weighted by atomic mass is 10.5. The predicted molar refractivity (Wildman–Crippen MR) is 41.4 cm³/mol. The standard InChI is InChI=1S/C7H15NO3/c1-10-5-3-8(7-9)4-6-11-2/h7H,3-6H2,1-2H3. The second kappa shape index (κ2) is 7.50. The van der Waals surface area contributed by atoms with Gasteiger partial charge in [0.1, 0.15) is 0 Å². The molecule has 0 aliphatic carbocycles. The summed E-state index contributed by atoms with van der Waals surface area (Å²) < 4.78 is 9.63. The molecule has 0 aliphatic heterocycles. The summed E-state index contributed by atoms with van der Waals surface area (Å²) in [5.41, 5.74) is 0. The van der Waals surface area contributed by atoms with E-state index in [-0.39, 0.29) is 0 Å². The Hall–Kier alpha value is -0.610. The molecule has 0 saturated heterocycles. The zero-order valence-electron chi connectivity index (χ0n) is 7.08. The molecule has 0 unspecified atom stereocenters. The maximum absolute atomic E-state index is 10.3. The average molecular weight is 161 g/mol. The number of hydrogen-bond donors (Lipinski definition) is 0. The Bertz CT molecular complexity index is 89.7. The van der Waals surface area contributed by atoms with Gasteiger partial charge in [0, 0.05) is 27.3 Å². The van der Waals surface area contributed by atoms with E-state index in [4.69, 9.17) is 9.47 Å². The minimum absolute atomic E-state index is 0.572. The highest BCUT2D eigenvalue weighted by molar-refractivity contribution is 5.46. The molecule has 4 heteroatoms. The molecule has 0 bridgehead atoms. The third kappa shape index (κ3) is 5.82. The van der Waals surface area contributed by atoms with Crippen molar-refractivity contribution in [2.75, 3.05) is 40.5 Å². The Morgan fingerprint density at radius 3 is 1.91 bits per heavy atom. The molecule has 0 spiro atoms. The predicted octanol–water partition coefficient (Wildman–Crippen LogP) is -0.262. The molecule has 1 amide bonds. The van der Waals surface area contributed by atoms with Gasteiger partial charge in [-0.2, -0.15) is 0 Å². The average Bonchev–Trinajstić information content (AvgIpc) is 2.05. The van der Waals surface area contributed by atoms with Crippen LogP contribution < -0.4 is 0 Å². The van der Waals surface area contributed by atoms with Gasteiger partial charge < -0.3 is 14.4 Å². The van der Waals surface area contributed by atoms with Crippen molar-refractivity contribution >= 4 is 6.41 Å². The van der Waals surface area contributed by atoms with Crippen molar-refractivity contribution in [1.82, 2.24) is 4.90 Å². The highest BCUT2D eigenvalue weighted by Gasteiger charge is 1.98. The molecule has 0 saturated carbocycles. The summed E-state index contributed by atoms with van der Waals surface area (Å²) in [6.45, 7) is 2.40. The molecule has 11 heavy (non-hydrogen) atoms. The van der Waals surface area contributed by atoms with Crippen LogP contribution in [0.5, 0.6) is 0 Å². The summed E-state index contributed by atoms with van der Waals surface area (Å²) in [7, 11) is 3.22. The van der Waals surface area contributed by atoms with Gasteiger partial charge in [0.25, 0.3) is 0 Å². The smallest absolute Gasteiger partial charge is 0.209 e. The van der Waals surface area contributed by atoms with Crippen LogP contribution in [0.4, 0.5) is 0 Å². The quantitative estimate of drug-likeness (QED) is 0.483. The van der Waals surface area contributed by atoms with Gasteiger partial charge in [-0.3, -0.25) is 4.79 Å². The van der Waals surface area contributed by atoms with Crippen LogP contribution in [-0.2, 0) is 14.3 Å². The highest BCUT2D eigenvalue weighted by Crippen LogP contribution is 1.82. The van der Waals surface area contributed by atoms with Gasteiger partial charge in [-0.1, -0.05) is 0 Å². The lowest BCUT2D eigenvalue weighted by molar-refractivity contribution is -0.119. The maximum atomic E-state index is 10.3. The van der Waals surface area contributed by atoms with Crippen LogP contribution in [0.2, 0.25) is 0 Å². The first kappa shape index (κ1) is 10.4. The molecular formula is C7H15NO3. The summed E-state index contributed by atoms with van der Waals surface area (Å²) >= 11 is 0. The van der Waals surface area contributed by atoms with Crippen molar-refractivity contribution in [1.29, 1.82) is 0 Å². The van der Waals surface area contributed by atoms with Gasteiger partial charge in [-0.15, -0.1) is 0 Å². The summed E-state index contributed by atoms with van der Waals surface area (Å²) in [6.07, 6.45) is 0.804. The first-order chi connectivity index (χ1) is 5.35. The van der Waals surface area contributed by atoms with Crippen molar-refractivity contribution in [3.05, 3.63) is 0 Å². The fourth-order valence-electron chi connectivity index (χ4n) is 0.634. The van der Waals surface area contributed by atoms with Gasteiger partial charge in [0.05, 0.1) is 13.2 Å². The topological polar surface area (TPSA) is 38.8 Å². The number of rotatable bonds is 7. The number of nitrogens with zero attached hydrogens (tertiary/aromatic N) is 1. The van der Waals surface area contributed by atoms with E-state index in [1.165, 1.54) is 0 Å². The summed E-state index contributed by atoms with van der Waals surface area (Å²) in [5.74, 6) is 0. The summed E-state index contributed by atoms with van der Waals surface area (Å²) in [6, 6.07) is 0. The van der Waals surface area contributed by atoms with Gasteiger partial charge in [-0.05, 0) is 0 Å². The van der Waals surface area contributed by atoms with Crippen LogP contribution >= 0.6 is 0 Å². The molecule has 0 aliphatic rings. The van der Waals surface area contributed by atoms with Crippen molar-refractivity contribution < 1.29 is 14.3 Å². The zero-order chi connectivity index (χ0) is 8.53. The third-order valence-electron chi connectivity index (χ3n) is 1.31. The first-order valence-electron chi connectivity index (χ1n) is 3.52. The Balaban J connectivity index is 3.33. The Labute approximate surface area is 67.1 Å². The fraction of sp³-hybridized carbons (Fsp3) is 0.857. The van der Waals surface area contributed by atoms with E-state index in [9.17, 15) is 4.79 Å². The lowest BCUT2D eigenvalue weighted by Gasteiger charge is -2.15. The summed E-state index contributed by atoms with van der Waals surface area (Å²) in [5, 5.41) is 0. The molecule has 0 N–H and O–H groups in total. The van der Waals surface area contributed by atoms with Crippen LogP contribution in [0, 0.1) is 0 Å². The van der Waals surface area contributed by atoms with Gasteiger partial charge in [0.15, 0.2) is 0 Å². The number of hydrogen-bond acceptors (Lipinski definition) is 3. The molecule has 0 aromatic heterocycles. The number of carbonyl (C=O) groups is 1. The number of amides is 1. The van der Waals surface area contributed by atoms with Crippen molar-refractivity contribution in [3.63, 3.8) is 0 Å². The Kier molecular flexibility index (Phi) is 7.08. The van der Waals surface area contributed by atoms with Crippen LogP contribution in [-0.4, -0.2) is 51.8 Å². The van der Waals surface area contributed by atoms with Crippen molar-refractivity contribution in [2.24, 2.45) is 0 Å². The SMILES string of the molecule is COCCN(C=O)CCOC. The van der Waals surface area contributed by atoms with E-state index >= 15 is 0 Å². The molecule has 0 heterocycles. The molecule has 0 fully saturated rings. The molecule has 0 radical (unpaired) electrons. The number of carbonyl (C=O) groups excluding carboxylic acids is 1. The zero-order valence-corrected chi connectivity index (χ0v) is 7.08. The normalized spacial score (nSPS) is 9.64. The monoisotopic (exact) mass is 161 g/mol. The van der Waals surface area contributed by atoms with Gasteiger partial charge in [0.2, 0.25) is 6.41 Å². The Morgan fingerprint density at radius 1 is 1.18 bits per heavy atom. The molecule has 66 valence electrons. The van der Waals surface area contributed by atoms with Gasteiger partial charge in [-0.25, -0.2) is 0 Å². The van der Waals surface area contributed by atoms with E-state index in [2.05, 4.69) is 0 Å². The maximum Gasteiger partial charge on any atom is 0.209 e. The molecule has 0 aromatic carbocycles. The molecule has 4 nitrogen and oxygen atoms in total. The van der Waals surface area contributed by atoms with Gasteiger partial charge >= 0.3 is 0 Å². The van der Waals surface area contributed by atoms with Crippen molar-refractivity contribution in [2.45, 2.75) is 0 Å². The largest absolute Gasteiger partial charge is 0.383 e. The van der Waals surface area contributed by atoms with E-state index < -0.39 is 0 Å². The minimum atomic E-state index is 0.572. The first-order valence-corrected chi connectivity index (χ1v) is 3.52. The second-order valence-corrected chi connectivity index (χ2v) is 2.13. The summed E-state index contributed by atoms with van der Waals surface area (Å²) in [4.78, 5) is 11.9. The Morgan fingerprint density at radius 2 is 1.64 bits per heavy atom. The van der Waals surface area contributed by atoms with E-state index in [1.54, 1.807) is 19.1 Å². The second-order valence-electron chi connectivity index (χ2n) is 2.13. The van der Waals surface area contributed by atoms with Crippen LogP contribution in [0.1, 0.15) is 0 Å². The molecule has 0 aromatic rings. The lowest BCUT2D eigenvalue weighted by Crippen LogP contribution is -2.29. The molecule has 0 atom stereocenters. The van der Waals surface area contributed by atoms with Crippen LogP contribution in [0.3, 0.4) is 0 Å². The number of ether oxygens (including phenoxy) is 2. The third-order valence-corrected chi connectivity index (χ3v) is 1.31. The van der Waals surface area contributed by atoms with E-state index in [0.29, 0.717) is 26.3 Å². The van der Waals surface area contributed by atoms with Crippen molar-refractivity contribution in [3.8, 4) is 0 Å². The molecule has 0 rings (SSSR count). The van der Waals surface area contributed by atoms with E-state index in [0.717, 1.165) is 6.41 Å². The van der Waals surface area contributed by atoms with Crippen LogP contribution in [0.15, 0.2) is 0 Å². The minimum Gasteiger partial charge on any atom is -0.383 e. The number of methoxy groups -OCH3 is 2.